The van der Waals surface area contributed by atoms with E-state index in [2.05, 4.69) is 22.8 Å². The quantitative estimate of drug-likeness (QED) is 0.386. The Labute approximate surface area is 176 Å². The van der Waals surface area contributed by atoms with E-state index in [9.17, 15) is 4.79 Å². The number of methoxy groups -OCH3 is 2. The monoisotopic (exact) mass is 410 g/mol. The molecule has 30 heavy (non-hydrogen) atoms. The predicted octanol–water partition coefficient (Wildman–Crippen LogP) is 3.70. The third-order valence-electron chi connectivity index (χ3n) is 4.97. The Morgan fingerprint density at radius 3 is 2.50 bits per heavy atom. The molecule has 3 rings (SSSR count). The molecule has 1 atom stereocenters. The molecule has 1 aliphatic carbocycles. The number of allylic oxidation sites excluding steroid dienone is 2. The summed E-state index contributed by atoms with van der Waals surface area (Å²) in [5.41, 5.74) is 8.06. The van der Waals surface area contributed by atoms with Crippen LogP contribution < -0.4 is 10.2 Å². The minimum absolute atomic E-state index is 0.0936. The van der Waals surface area contributed by atoms with Crippen LogP contribution in [0.3, 0.4) is 0 Å². The second kappa shape index (κ2) is 9.93. The smallest absolute Gasteiger partial charge is 0.360 e. The molecule has 2 aromatic carbocycles. The highest BCUT2D eigenvalue weighted by molar-refractivity contribution is 6.43. The van der Waals surface area contributed by atoms with Gasteiger partial charge in [-0.1, -0.05) is 41.6 Å². The lowest BCUT2D eigenvalue weighted by atomic mass is 10.0. The topological polar surface area (TPSA) is 78.4 Å². The molecule has 158 valence electrons. The van der Waals surface area contributed by atoms with Crippen molar-refractivity contribution in [3.8, 4) is 5.75 Å². The van der Waals surface area contributed by atoms with Crippen LogP contribution in [0.15, 0.2) is 65.0 Å². The van der Waals surface area contributed by atoms with E-state index in [0.717, 1.165) is 23.4 Å². The third-order valence-corrected chi connectivity index (χ3v) is 4.97. The number of ether oxygens (including phenoxy) is 2. The molecule has 1 fully saturated rings. The van der Waals surface area contributed by atoms with Gasteiger partial charge in [0, 0.05) is 17.2 Å². The van der Waals surface area contributed by atoms with Crippen LogP contribution in [0.4, 0.5) is 0 Å². The first-order valence-corrected chi connectivity index (χ1v) is 9.58. The molecular weight excluding hydrogens is 384 g/mol. The molecule has 0 heterocycles. The summed E-state index contributed by atoms with van der Waals surface area (Å²) in [4.78, 5) is 22.6. The van der Waals surface area contributed by atoms with Gasteiger partial charge in [0.1, 0.15) is 19.5 Å². The molecule has 0 radical (unpaired) electrons. The zero-order valence-corrected chi connectivity index (χ0v) is 17.6. The fourth-order valence-corrected chi connectivity index (χ4v) is 3.28. The Bertz CT molecular complexity index is 950. The molecule has 0 aromatic heterocycles. The third kappa shape index (κ3) is 4.99. The van der Waals surface area contributed by atoms with E-state index in [0.29, 0.717) is 11.5 Å². The van der Waals surface area contributed by atoms with Crippen LogP contribution in [0.25, 0.3) is 0 Å². The highest BCUT2D eigenvalue weighted by Gasteiger charge is 2.33. The van der Waals surface area contributed by atoms with Crippen molar-refractivity contribution in [2.45, 2.75) is 25.9 Å². The highest BCUT2D eigenvalue weighted by Crippen LogP contribution is 2.48. The van der Waals surface area contributed by atoms with Crippen LogP contribution in [0.2, 0.25) is 0 Å². The standard InChI is InChI=1S/C23H26N2O5/c1-15(20-13-21(20)16-9-11-18(27-2)12-10-16)24-30-14-17-7-5-6-8-19(17)22(25-29-4)23(26)28-3/h5-12,21,24H,13-14H2,1-4H3/t21-/m0/s1. The number of carbonyl (C=O) groups excluding carboxylic acids is 1. The number of esters is 1. The summed E-state index contributed by atoms with van der Waals surface area (Å²) in [6, 6.07) is 15.5. The molecule has 7 heteroatoms. The van der Waals surface area contributed by atoms with Crippen molar-refractivity contribution in [3.05, 3.63) is 76.5 Å². The molecule has 0 unspecified atom stereocenters. The number of hydrogen-bond donors (Lipinski definition) is 1. The van der Waals surface area contributed by atoms with Crippen molar-refractivity contribution in [3.63, 3.8) is 0 Å². The maximum atomic E-state index is 12.0. The minimum atomic E-state index is -0.573. The van der Waals surface area contributed by atoms with Crippen LogP contribution >= 0.6 is 0 Å². The Hall–Kier alpha value is -3.32. The van der Waals surface area contributed by atoms with Crippen molar-refractivity contribution in [2.75, 3.05) is 21.3 Å². The first-order valence-electron chi connectivity index (χ1n) is 9.58. The second-order valence-electron chi connectivity index (χ2n) is 6.84. The first kappa shape index (κ1) is 21.4. The average molecular weight is 410 g/mol. The molecule has 1 saturated carbocycles. The largest absolute Gasteiger partial charge is 0.497 e. The number of carbonyl (C=O) groups is 1. The van der Waals surface area contributed by atoms with Gasteiger partial charge in [0.25, 0.3) is 0 Å². The summed E-state index contributed by atoms with van der Waals surface area (Å²) in [5, 5.41) is 3.81. The van der Waals surface area contributed by atoms with E-state index in [1.54, 1.807) is 13.2 Å². The predicted molar refractivity (Wildman–Crippen MR) is 113 cm³/mol. The van der Waals surface area contributed by atoms with Gasteiger partial charge in [-0.2, -0.15) is 0 Å². The molecule has 1 N–H and O–H groups in total. The average Bonchev–Trinajstić information content (AvgIpc) is 3.58. The number of hydrogen-bond acceptors (Lipinski definition) is 7. The van der Waals surface area contributed by atoms with Crippen LogP contribution in [0, 0.1) is 0 Å². The zero-order chi connectivity index (χ0) is 21.5. The van der Waals surface area contributed by atoms with Crippen LogP contribution in [-0.2, 0) is 25.8 Å². The van der Waals surface area contributed by atoms with Gasteiger partial charge in [-0.05, 0) is 42.2 Å². The summed E-state index contributed by atoms with van der Waals surface area (Å²) in [6.45, 7) is 2.24. The minimum Gasteiger partial charge on any atom is -0.497 e. The Morgan fingerprint density at radius 1 is 1.10 bits per heavy atom. The van der Waals surface area contributed by atoms with E-state index in [4.69, 9.17) is 19.1 Å². The Morgan fingerprint density at radius 2 is 1.83 bits per heavy atom. The lowest BCUT2D eigenvalue weighted by Crippen LogP contribution is -2.20. The van der Waals surface area contributed by atoms with Crippen molar-refractivity contribution in [1.29, 1.82) is 0 Å². The van der Waals surface area contributed by atoms with E-state index >= 15 is 0 Å². The van der Waals surface area contributed by atoms with Gasteiger partial charge in [0.15, 0.2) is 5.71 Å². The van der Waals surface area contributed by atoms with Gasteiger partial charge in [0.2, 0.25) is 0 Å². The van der Waals surface area contributed by atoms with E-state index < -0.39 is 5.97 Å². The van der Waals surface area contributed by atoms with Gasteiger partial charge in [-0.25, -0.2) is 4.79 Å². The Kier molecular flexibility index (Phi) is 7.08. The number of benzene rings is 2. The van der Waals surface area contributed by atoms with Gasteiger partial charge in [-0.15, -0.1) is 0 Å². The number of oxime groups is 1. The molecule has 0 amide bonds. The molecule has 0 bridgehead atoms. The van der Waals surface area contributed by atoms with Crippen molar-refractivity contribution in [1.82, 2.24) is 5.48 Å². The zero-order valence-electron chi connectivity index (χ0n) is 17.6. The summed E-state index contributed by atoms with van der Waals surface area (Å²) < 4.78 is 10.0. The van der Waals surface area contributed by atoms with E-state index in [1.807, 2.05) is 37.3 Å². The number of nitrogens with one attached hydrogen (secondary N) is 1. The van der Waals surface area contributed by atoms with Gasteiger partial charge in [0.05, 0.1) is 14.2 Å². The number of nitrogens with zero attached hydrogens (tertiary/aromatic N) is 1. The molecule has 0 spiro atoms. The summed E-state index contributed by atoms with van der Waals surface area (Å²) in [6.07, 6.45) is 0.998. The maximum Gasteiger partial charge on any atom is 0.360 e. The first-order chi connectivity index (χ1) is 14.6. The van der Waals surface area contributed by atoms with Crippen molar-refractivity contribution < 1.29 is 23.9 Å². The normalized spacial score (nSPS) is 17.2. The second-order valence-corrected chi connectivity index (χ2v) is 6.84. The fourth-order valence-electron chi connectivity index (χ4n) is 3.28. The SMILES string of the molecule is CON=C(C(=O)OC)c1ccccc1CONC(C)=C1C[C@H]1c1ccc(OC)cc1. The van der Waals surface area contributed by atoms with Crippen molar-refractivity contribution >= 4 is 11.7 Å². The molecule has 0 saturated heterocycles. The van der Waals surface area contributed by atoms with Crippen molar-refractivity contribution in [2.24, 2.45) is 5.16 Å². The Balaban J connectivity index is 1.64. The molecule has 7 nitrogen and oxygen atoms in total. The summed E-state index contributed by atoms with van der Waals surface area (Å²) >= 11 is 0. The summed E-state index contributed by atoms with van der Waals surface area (Å²) in [5.74, 6) is 0.681. The van der Waals surface area contributed by atoms with E-state index in [-0.39, 0.29) is 12.3 Å². The fraction of sp³-hybridized carbons (Fsp3) is 0.304. The highest BCUT2D eigenvalue weighted by atomic mass is 16.6. The number of rotatable bonds is 9. The summed E-state index contributed by atoms with van der Waals surface area (Å²) in [7, 11) is 4.35. The lowest BCUT2D eigenvalue weighted by Gasteiger charge is -2.12. The van der Waals surface area contributed by atoms with Crippen LogP contribution in [0.5, 0.6) is 5.75 Å². The van der Waals surface area contributed by atoms with Crippen LogP contribution in [-0.4, -0.2) is 33.0 Å². The molecule has 0 aliphatic heterocycles. The van der Waals surface area contributed by atoms with Gasteiger partial charge in [-0.3, -0.25) is 10.3 Å². The van der Waals surface area contributed by atoms with Crippen LogP contribution in [0.1, 0.15) is 36.0 Å². The van der Waals surface area contributed by atoms with E-state index in [1.165, 1.54) is 25.4 Å². The number of hydroxylamine groups is 1. The molecular formula is C23H26N2O5. The molecule has 1 aliphatic rings. The maximum absolute atomic E-state index is 12.0. The lowest BCUT2D eigenvalue weighted by molar-refractivity contribution is -0.132. The molecule has 2 aromatic rings. The van der Waals surface area contributed by atoms with Gasteiger partial charge < -0.3 is 14.3 Å². The van der Waals surface area contributed by atoms with Gasteiger partial charge >= 0.3 is 5.97 Å².